The van der Waals surface area contributed by atoms with Crippen molar-refractivity contribution in [1.82, 2.24) is 9.21 Å². The molecule has 10 heteroatoms. The molecule has 0 unspecified atom stereocenters. The van der Waals surface area contributed by atoms with Gasteiger partial charge in [0, 0.05) is 42.6 Å². The number of nitrogens with zero attached hydrogens (tertiary/aromatic N) is 2. The van der Waals surface area contributed by atoms with Crippen molar-refractivity contribution >= 4 is 45.1 Å². The van der Waals surface area contributed by atoms with Gasteiger partial charge in [-0.05, 0) is 23.6 Å². The summed E-state index contributed by atoms with van der Waals surface area (Å²) < 4.78 is 26.8. The number of carbonyl (C=O) groups excluding carboxylic acids is 1. The zero-order valence-corrected chi connectivity index (χ0v) is 17.4. The molecule has 1 fully saturated rings. The van der Waals surface area contributed by atoms with Gasteiger partial charge in [0.05, 0.1) is 11.3 Å². The van der Waals surface area contributed by atoms with E-state index in [1.54, 1.807) is 18.7 Å². The van der Waals surface area contributed by atoms with E-state index in [1.807, 2.05) is 0 Å². The lowest BCUT2D eigenvalue weighted by molar-refractivity contribution is -0.141. The number of rotatable bonds is 6. The van der Waals surface area contributed by atoms with Crippen molar-refractivity contribution in [2.24, 2.45) is 5.41 Å². The molecule has 1 heterocycles. The van der Waals surface area contributed by atoms with Crippen LogP contribution in [0.4, 0.5) is 0 Å². The number of halogens is 2. The second-order valence-electron chi connectivity index (χ2n) is 7.30. The fourth-order valence-corrected chi connectivity index (χ4v) is 5.15. The monoisotopic (exact) mass is 436 g/mol. The average Bonchev–Trinajstić information content (AvgIpc) is 2.52. The Balaban J connectivity index is 2.02. The van der Waals surface area contributed by atoms with Crippen LogP contribution in [0.3, 0.4) is 0 Å². The Hall–Kier alpha value is -1.35. The van der Waals surface area contributed by atoms with Gasteiger partial charge in [0.2, 0.25) is 15.9 Å². The van der Waals surface area contributed by atoms with Gasteiger partial charge in [-0.3, -0.25) is 9.59 Å². The van der Waals surface area contributed by atoms with Gasteiger partial charge < -0.3 is 10.0 Å². The maximum Gasteiger partial charge on any atom is 0.303 e. The number of carboxylic acids is 1. The first-order chi connectivity index (χ1) is 12.4. The highest BCUT2D eigenvalue weighted by molar-refractivity contribution is 7.89. The van der Waals surface area contributed by atoms with E-state index in [4.69, 9.17) is 28.3 Å². The topological polar surface area (TPSA) is 95.0 Å². The third-order valence-corrected chi connectivity index (χ3v) is 6.64. The molecule has 0 saturated carbocycles. The lowest BCUT2D eigenvalue weighted by Crippen LogP contribution is -2.51. The Labute approximate surface area is 168 Å². The summed E-state index contributed by atoms with van der Waals surface area (Å²) in [7, 11) is -3.76. The molecule has 7 nitrogen and oxygen atoms in total. The number of sulfonamides is 1. The third kappa shape index (κ3) is 5.81. The molecule has 1 aromatic rings. The van der Waals surface area contributed by atoms with Crippen LogP contribution in [-0.2, 0) is 19.6 Å². The van der Waals surface area contributed by atoms with Crippen LogP contribution in [-0.4, -0.2) is 60.8 Å². The van der Waals surface area contributed by atoms with Crippen LogP contribution in [0, 0.1) is 5.41 Å². The summed E-state index contributed by atoms with van der Waals surface area (Å²) in [5.74, 6) is -1.13. The summed E-state index contributed by atoms with van der Waals surface area (Å²) in [5.41, 5.74) is -0.663. The fraction of sp³-hybridized carbons (Fsp3) is 0.529. The summed E-state index contributed by atoms with van der Waals surface area (Å²) in [6.07, 6.45) is -0.0153. The number of hydrogen-bond acceptors (Lipinski definition) is 4. The molecule has 1 aliphatic rings. The summed E-state index contributed by atoms with van der Waals surface area (Å²) >= 11 is 11.8. The number of benzene rings is 1. The van der Waals surface area contributed by atoms with Gasteiger partial charge in [-0.15, -0.1) is 0 Å². The summed E-state index contributed by atoms with van der Waals surface area (Å²) in [6.45, 7) is 4.24. The second kappa shape index (κ2) is 8.34. The van der Waals surface area contributed by atoms with Crippen LogP contribution in [0.15, 0.2) is 23.1 Å². The fourth-order valence-electron chi connectivity index (χ4n) is 3.00. The molecule has 150 valence electrons. The molecule has 27 heavy (non-hydrogen) atoms. The minimum Gasteiger partial charge on any atom is -0.481 e. The van der Waals surface area contributed by atoms with E-state index in [2.05, 4.69) is 0 Å². The largest absolute Gasteiger partial charge is 0.481 e. The maximum absolute atomic E-state index is 12.8. The van der Waals surface area contributed by atoms with E-state index in [1.165, 1.54) is 22.5 Å². The zero-order chi connectivity index (χ0) is 20.4. The van der Waals surface area contributed by atoms with Crippen molar-refractivity contribution in [3.63, 3.8) is 0 Å². The Kier molecular flexibility index (Phi) is 6.78. The standard InChI is InChI=1S/C17H22Cl2N2O5S/c1-17(2,11-16(23)24)10-15(22)20-3-5-21(6-4-20)27(25,26)14-8-12(18)7-13(19)9-14/h7-9H,3-6,10-11H2,1-2H3,(H,23,24). The predicted molar refractivity (Wildman–Crippen MR) is 102 cm³/mol. The van der Waals surface area contributed by atoms with Crippen LogP contribution in [0.5, 0.6) is 0 Å². The first-order valence-corrected chi connectivity index (χ1v) is 10.6. The van der Waals surface area contributed by atoms with E-state index in [0.717, 1.165) is 0 Å². The predicted octanol–water partition coefficient (Wildman–Crippen LogP) is 2.72. The molecule has 1 aromatic carbocycles. The summed E-state index contributed by atoms with van der Waals surface area (Å²) in [4.78, 5) is 24.9. The SMILES string of the molecule is CC(C)(CC(=O)O)CC(=O)N1CCN(S(=O)(=O)c2cc(Cl)cc(Cl)c2)CC1. The first kappa shape index (κ1) is 21.9. The third-order valence-electron chi connectivity index (χ3n) is 4.32. The van der Waals surface area contributed by atoms with E-state index < -0.39 is 21.4 Å². The van der Waals surface area contributed by atoms with Gasteiger partial charge in [0.1, 0.15) is 0 Å². The maximum atomic E-state index is 12.8. The lowest BCUT2D eigenvalue weighted by atomic mass is 9.85. The Morgan fingerprint density at radius 3 is 2.04 bits per heavy atom. The molecule has 1 aliphatic heterocycles. The zero-order valence-electron chi connectivity index (χ0n) is 15.1. The van der Waals surface area contributed by atoms with Gasteiger partial charge in [-0.1, -0.05) is 37.0 Å². The smallest absolute Gasteiger partial charge is 0.303 e. The van der Waals surface area contributed by atoms with Crippen molar-refractivity contribution in [1.29, 1.82) is 0 Å². The van der Waals surface area contributed by atoms with Crippen LogP contribution < -0.4 is 0 Å². The van der Waals surface area contributed by atoms with Gasteiger partial charge in [0.25, 0.3) is 0 Å². The summed E-state index contributed by atoms with van der Waals surface area (Å²) in [5, 5.41) is 9.39. The van der Waals surface area contributed by atoms with Crippen LogP contribution in [0.1, 0.15) is 26.7 Å². The van der Waals surface area contributed by atoms with Gasteiger partial charge >= 0.3 is 5.97 Å². The minimum atomic E-state index is -3.76. The molecule has 1 N–H and O–H groups in total. The van der Waals surface area contributed by atoms with Crippen molar-refractivity contribution in [2.75, 3.05) is 26.2 Å². The van der Waals surface area contributed by atoms with E-state index in [0.29, 0.717) is 0 Å². The van der Waals surface area contributed by atoms with Crippen molar-refractivity contribution in [3.8, 4) is 0 Å². The molecule has 0 bridgehead atoms. The average molecular weight is 437 g/mol. The molecular weight excluding hydrogens is 415 g/mol. The number of hydrogen-bond donors (Lipinski definition) is 1. The molecule has 0 aromatic heterocycles. The Morgan fingerprint density at radius 1 is 1.04 bits per heavy atom. The Morgan fingerprint density at radius 2 is 1.56 bits per heavy atom. The molecule has 1 amide bonds. The number of carboxylic acid groups (broad SMARTS) is 1. The highest BCUT2D eigenvalue weighted by Crippen LogP contribution is 2.28. The highest BCUT2D eigenvalue weighted by Gasteiger charge is 2.33. The van der Waals surface area contributed by atoms with E-state index in [-0.39, 0.29) is 59.9 Å². The molecule has 0 atom stereocenters. The molecule has 0 aliphatic carbocycles. The van der Waals surface area contributed by atoms with Gasteiger partial charge in [0.15, 0.2) is 0 Å². The highest BCUT2D eigenvalue weighted by atomic mass is 35.5. The lowest BCUT2D eigenvalue weighted by Gasteiger charge is -2.35. The van der Waals surface area contributed by atoms with E-state index >= 15 is 0 Å². The quantitative estimate of drug-likeness (QED) is 0.739. The van der Waals surface area contributed by atoms with Gasteiger partial charge in [-0.2, -0.15) is 4.31 Å². The minimum absolute atomic E-state index is 0.0161. The van der Waals surface area contributed by atoms with E-state index in [9.17, 15) is 18.0 Å². The normalized spacial score (nSPS) is 16.4. The molecule has 1 saturated heterocycles. The number of carbonyl (C=O) groups is 2. The molecular formula is C17H22Cl2N2O5S. The number of piperazine rings is 1. The van der Waals surface area contributed by atoms with Crippen LogP contribution >= 0.6 is 23.2 Å². The molecule has 2 rings (SSSR count). The molecule has 0 spiro atoms. The number of aliphatic carboxylic acids is 1. The van der Waals surface area contributed by atoms with Crippen molar-refractivity contribution in [3.05, 3.63) is 28.2 Å². The van der Waals surface area contributed by atoms with Crippen molar-refractivity contribution < 1.29 is 23.1 Å². The van der Waals surface area contributed by atoms with Crippen LogP contribution in [0.2, 0.25) is 10.0 Å². The molecule has 0 radical (unpaired) electrons. The summed E-state index contributed by atoms with van der Waals surface area (Å²) in [6, 6.07) is 4.14. The first-order valence-electron chi connectivity index (χ1n) is 8.36. The van der Waals surface area contributed by atoms with Crippen molar-refractivity contribution in [2.45, 2.75) is 31.6 Å². The van der Waals surface area contributed by atoms with Gasteiger partial charge in [-0.25, -0.2) is 8.42 Å². The Bertz CT molecular complexity index is 813. The van der Waals surface area contributed by atoms with Crippen LogP contribution in [0.25, 0.3) is 0 Å². The number of amides is 1. The second-order valence-corrected chi connectivity index (χ2v) is 10.1.